The largest absolute Gasteiger partial charge is 0.469 e. The molecule has 6 nitrogen and oxygen atoms in total. The Morgan fingerprint density at radius 2 is 2.17 bits per heavy atom. The van der Waals surface area contributed by atoms with Crippen LogP contribution in [0.1, 0.15) is 12.8 Å². The fourth-order valence-electron chi connectivity index (χ4n) is 0.990. The molecule has 1 rings (SSSR count). The van der Waals surface area contributed by atoms with Gasteiger partial charge in [0.1, 0.15) is 0 Å². The Morgan fingerprint density at radius 1 is 1.50 bits per heavy atom. The van der Waals surface area contributed by atoms with Gasteiger partial charge in [-0.3, -0.25) is 4.52 Å². The lowest BCUT2D eigenvalue weighted by Gasteiger charge is -2.10. The fourth-order valence-corrected chi connectivity index (χ4v) is 1.35. The van der Waals surface area contributed by atoms with E-state index in [2.05, 4.69) is 4.52 Å². The zero-order valence-electron chi connectivity index (χ0n) is 6.29. The summed E-state index contributed by atoms with van der Waals surface area (Å²) in [4.78, 5) is 16.6. The minimum absolute atomic E-state index is 0.179. The van der Waals surface area contributed by atoms with E-state index in [-0.39, 0.29) is 6.61 Å². The van der Waals surface area contributed by atoms with Crippen molar-refractivity contribution in [1.82, 2.24) is 0 Å². The highest BCUT2D eigenvalue weighted by Crippen LogP contribution is 2.36. The van der Waals surface area contributed by atoms with Crippen molar-refractivity contribution < 1.29 is 28.7 Å². The van der Waals surface area contributed by atoms with E-state index in [1.807, 2.05) is 0 Å². The number of aliphatic hydroxyl groups excluding tert-OH is 1. The van der Waals surface area contributed by atoms with Gasteiger partial charge in [-0.15, -0.1) is 0 Å². The molecule has 1 fully saturated rings. The van der Waals surface area contributed by atoms with Gasteiger partial charge < -0.3 is 19.6 Å². The molecule has 1 saturated heterocycles. The van der Waals surface area contributed by atoms with Crippen molar-refractivity contribution in [3.05, 3.63) is 0 Å². The van der Waals surface area contributed by atoms with E-state index in [1.165, 1.54) is 0 Å². The summed E-state index contributed by atoms with van der Waals surface area (Å²) in [6.45, 7) is -0.179. The molecule has 0 bridgehead atoms. The van der Waals surface area contributed by atoms with Gasteiger partial charge in [-0.05, 0) is 6.42 Å². The lowest BCUT2D eigenvalue weighted by atomic mass is 10.2. The van der Waals surface area contributed by atoms with Crippen molar-refractivity contribution in [2.75, 3.05) is 6.61 Å². The van der Waals surface area contributed by atoms with E-state index in [1.54, 1.807) is 0 Å². The van der Waals surface area contributed by atoms with Crippen LogP contribution in [0.3, 0.4) is 0 Å². The van der Waals surface area contributed by atoms with E-state index in [0.29, 0.717) is 12.8 Å². The molecule has 0 saturated carbocycles. The third-order valence-electron chi connectivity index (χ3n) is 1.51. The van der Waals surface area contributed by atoms with Crippen LogP contribution in [0.2, 0.25) is 0 Å². The quantitative estimate of drug-likeness (QED) is 0.533. The van der Waals surface area contributed by atoms with Crippen molar-refractivity contribution in [2.24, 2.45) is 0 Å². The molecule has 1 heterocycles. The molecule has 0 aromatic heterocycles. The number of hydrogen-bond acceptors (Lipinski definition) is 4. The summed E-state index contributed by atoms with van der Waals surface area (Å²) in [5.74, 6) is 0. The molecule has 0 aromatic rings. The van der Waals surface area contributed by atoms with E-state index in [9.17, 15) is 4.57 Å². The zero-order valence-corrected chi connectivity index (χ0v) is 7.18. The van der Waals surface area contributed by atoms with Crippen LogP contribution < -0.4 is 0 Å². The molecule has 1 aliphatic rings. The van der Waals surface area contributed by atoms with Gasteiger partial charge in [-0.25, -0.2) is 4.57 Å². The molecule has 12 heavy (non-hydrogen) atoms. The average molecular weight is 198 g/mol. The summed E-state index contributed by atoms with van der Waals surface area (Å²) in [7, 11) is -4.40. The molecule has 2 atom stereocenters. The summed E-state index contributed by atoms with van der Waals surface area (Å²) in [6.07, 6.45) is -0.195. The normalized spacial score (nSPS) is 30.9. The first kappa shape index (κ1) is 10.1. The predicted molar refractivity (Wildman–Crippen MR) is 38.1 cm³/mol. The fraction of sp³-hybridized carbons (Fsp3) is 1.00. The molecule has 1 aliphatic heterocycles. The summed E-state index contributed by atoms with van der Waals surface area (Å²) >= 11 is 0. The summed E-state index contributed by atoms with van der Waals surface area (Å²) in [5, 5.41) is 8.86. The summed E-state index contributed by atoms with van der Waals surface area (Å²) < 4.78 is 19.3. The van der Waals surface area contributed by atoms with Gasteiger partial charge in [0.15, 0.2) is 6.29 Å². The monoisotopic (exact) mass is 198 g/mol. The van der Waals surface area contributed by atoms with Crippen LogP contribution in [0.4, 0.5) is 0 Å². The van der Waals surface area contributed by atoms with Crippen LogP contribution in [0.5, 0.6) is 0 Å². The van der Waals surface area contributed by atoms with Crippen molar-refractivity contribution in [2.45, 2.75) is 25.2 Å². The van der Waals surface area contributed by atoms with Gasteiger partial charge >= 0.3 is 7.82 Å². The highest BCUT2D eigenvalue weighted by molar-refractivity contribution is 7.46. The average Bonchev–Trinajstić information content (AvgIpc) is 2.30. The Kier molecular flexibility index (Phi) is 3.22. The first-order valence-corrected chi connectivity index (χ1v) is 5.04. The van der Waals surface area contributed by atoms with E-state index >= 15 is 0 Å². The number of hydrogen-bond donors (Lipinski definition) is 3. The highest BCUT2D eigenvalue weighted by atomic mass is 31.2. The molecule has 2 unspecified atom stereocenters. The molecular formula is C5H11O6P. The maximum Gasteiger partial charge on any atom is 0.469 e. The lowest BCUT2D eigenvalue weighted by Crippen LogP contribution is -2.15. The molecule has 0 spiro atoms. The number of phosphoric ester groups is 1. The van der Waals surface area contributed by atoms with Crippen LogP contribution in [-0.4, -0.2) is 33.9 Å². The van der Waals surface area contributed by atoms with Crippen LogP contribution in [0.15, 0.2) is 0 Å². The lowest BCUT2D eigenvalue weighted by molar-refractivity contribution is -0.100. The highest BCUT2D eigenvalue weighted by Gasteiger charge is 2.26. The van der Waals surface area contributed by atoms with Crippen molar-refractivity contribution in [3.8, 4) is 0 Å². The first-order chi connectivity index (χ1) is 5.47. The second-order valence-corrected chi connectivity index (χ2v) is 3.82. The molecule has 0 radical (unpaired) electrons. The third kappa shape index (κ3) is 3.62. The van der Waals surface area contributed by atoms with Gasteiger partial charge in [-0.1, -0.05) is 0 Å². The van der Waals surface area contributed by atoms with E-state index in [4.69, 9.17) is 19.6 Å². The van der Waals surface area contributed by atoms with Gasteiger partial charge in [0.05, 0.1) is 12.7 Å². The third-order valence-corrected chi connectivity index (χ3v) is 2.00. The predicted octanol–water partition coefficient (Wildman–Crippen LogP) is -0.407. The van der Waals surface area contributed by atoms with Gasteiger partial charge in [-0.2, -0.15) is 0 Å². The Hall–Kier alpha value is 0.0300. The second kappa shape index (κ2) is 3.83. The Balaban J connectivity index is 2.21. The molecule has 3 N–H and O–H groups in total. The van der Waals surface area contributed by atoms with Crippen LogP contribution in [0.25, 0.3) is 0 Å². The second-order valence-electron chi connectivity index (χ2n) is 2.58. The van der Waals surface area contributed by atoms with Crippen LogP contribution in [0, 0.1) is 0 Å². The SMILES string of the molecule is O=P(O)(O)OCC1CCC(O)O1. The molecule has 7 heteroatoms. The minimum atomic E-state index is -4.40. The zero-order chi connectivity index (χ0) is 9.19. The van der Waals surface area contributed by atoms with Gasteiger partial charge in [0.25, 0.3) is 0 Å². The summed E-state index contributed by atoms with van der Waals surface area (Å²) in [6, 6.07) is 0. The molecule has 0 amide bonds. The molecule has 72 valence electrons. The van der Waals surface area contributed by atoms with Crippen molar-refractivity contribution in [3.63, 3.8) is 0 Å². The Labute approximate surface area is 69.4 Å². The van der Waals surface area contributed by atoms with Crippen molar-refractivity contribution in [1.29, 1.82) is 0 Å². The standard InChI is InChI=1S/C5H11O6P/c6-5-2-1-4(11-5)3-10-12(7,8)9/h4-6H,1-3H2,(H2,7,8,9). The van der Waals surface area contributed by atoms with Gasteiger partial charge in [0.2, 0.25) is 0 Å². The Bertz CT molecular complexity index is 188. The minimum Gasteiger partial charge on any atom is -0.368 e. The maximum absolute atomic E-state index is 10.2. The number of rotatable bonds is 3. The molecule has 0 aromatic carbocycles. The molecule has 0 aliphatic carbocycles. The first-order valence-electron chi connectivity index (χ1n) is 3.51. The number of aliphatic hydroxyl groups is 1. The van der Waals surface area contributed by atoms with Crippen molar-refractivity contribution >= 4 is 7.82 Å². The van der Waals surface area contributed by atoms with E-state index in [0.717, 1.165) is 0 Å². The van der Waals surface area contributed by atoms with Crippen LogP contribution in [-0.2, 0) is 13.8 Å². The van der Waals surface area contributed by atoms with Crippen LogP contribution >= 0.6 is 7.82 Å². The smallest absolute Gasteiger partial charge is 0.368 e. The topological polar surface area (TPSA) is 96.2 Å². The Morgan fingerprint density at radius 3 is 2.58 bits per heavy atom. The number of phosphoric acid groups is 1. The molecular weight excluding hydrogens is 187 g/mol. The van der Waals surface area contributed by atoms with E-state index < -0.39 is 20.2 Å². The maximum atomic E-state index is 10.2. The number of ether oxygens (including phenoxy) is 1. The summed E-state index contributed by atoms with van der Waals surface area (Å²) in [5.41, 5.74) is 0. The van der Waals surface area contributed by atoms with Gasteiger partial charge in [0, 0.05) is 6.42 Å².